The van der Waals surface area contributed by atoms with Gasteiger partial charge in [-0.15, -0.1) is 0 Å². The first-order chi connectivity index (χ1) is 12.6. The van der Waals surface area contributed by atoms with E-state index in [-0.39, 0.29) is 18.7 Å². The molecule has 1 saturated heterocycles. The molecule has 1 aromatic rings. The molecule has 2 radical (unpaired) electrons. The normalized spacial score (nSPS) is 21.7. The zero-order chi connectivity index (χ0) is 20.0. The summed E-state index contributed by atoms with van der Waals surface area (Å²) in [7, 11) is 0. The van der Waals surface area contributed by atoms with Crippen molar-refractivity contribution in [2.24, 2.45) is 0 Å². The Bertz CT molecular complexity index is 894. The smallest absolute Gasteiger partial charge is 0.337 e. The quantitative estimate of drug-likeness (QED) is 0.441. The van der Waals surface area contributed by atoms with Crippen molar-refractivity contribution >= 4 is 39.7 Å². The largest absolute Gasteiger partial charge is 0.478 e. The highest BCUT2D eigenvalue weighted by atomic mass is 27.1. The Morgan fingerprint density at radius 2 is 1.85 bits per heavy atom. The first-order valence-corrected chi connectivity index (χ1v) is 8.35. The number of fused-ring (bicyclic) bond motifs is 1. The van der Waals surface area contributed by atoms with Crippen LogP contribution in [0.2, 0.25) is 0 Å². The van der Waals surface area contributed by atoms with Crippen LogP contribution in [0.3, 0.4) is 0 Å². The van der Waals surface area contributed by atoms with Crippen molar-refractivity contribution in [2.75, 3.05) is 21.9 Å². The van der Waals surface area contributed by atoms with E-state index in [0.29, 0.717) is 28.3 Å². The number of anilines is 2. The van der Waals surface area contributed by atoms with Crippen molar-refractivity contribution in [3.8, 4) is 0 Å². The van der Waals surface area contributed by atoms with Gasteiger partial charge in [-0.05, 0) is 30.3 Å². The Balaban J connectivity index is 2.01. The van der Waals surface area contributed by atoms with Crippen molar-refractivity contribution in [1.82, 2.24) is 4.98 Å². The Morgan fingerprint density at radius 3 is 2.33 bits per heavy atom. The van der Waals surface area contributed by atoms with Crippen LogP contribution in [-0.4, -0.2) is 67.6 Å². The molecule has 0 spiro atoms. The molecule has 138 valence electrons. The number of carboxylic acids is 1. The second-order valence-corrected chi connectivity index (χ2v) is 6.90. The third-order valence-corrected chi connectivity index (χ3v) is 5.05. The lowest BCUT2D eigenvalue weighted by molar-refractivity contribution is -0.606. The number of aryl methyl sites for hydroxylation is 1. The highest BCUT2D eigenvalue weighted by Crippen LogP contribution is 2.37. The molecule has 1 fully saturated rings. The van der Waals surface area contributed by atoms with Crippen LogP contribution in [0.4, 0.5) is 11.6 Å². The molecule has 0 amide bonds. The summed E-state index contributed by atoms with van der Waals surface area (Å²) in [6.07, 6.45) is 1.35. The summed E-state index contributed by atoms with van der Waals surface area (Å²) in [5.41, 5.74) is 1.45. The van der Waals surface area contributed by atoms with Crippen LogP contribution in [0, 0.1) is 27.2 Å². The second kappa shape index (κ2) is 6.64. The number of hydrogen-bond acceptors (Lipinski definition) is 8. The maximum absolute atomic E-state index is 11.4. The molecule has 2 atom stereocenters. The number of aliphatic carboxylic acids is 1. The van der Waals surface area contributed by atoms with Crippen molar-refractivity contribution < 1.29 is 19.7 Å². The fourth-order valence-corrected chi connectivity index (χ4v) is 3.64. The standard InChI is InChI=1S/C15H15N5O6.Al/c1-7-3-9-8(2)10(15(21)22)4-16-13(9)17-14(7)18-5-11(19(23)24)12(6-18)20(25)26;/h3-4,11-12H,2,5-6H2,1H3,(H2,16,17,21,22);/q;+1/p-1/t11-,12-;/m1./s1. The zero-order valence-electron chi connectivity index (χ0n) is 14.2. The minimum Gasteiger partial charge on any atom is -0.478 e. The van der Waals surface area contributed by atoms with E-state index in [2.05, 4.69) is 28.1 Å². The molecule has 0 aromatic carbocycles. The lowest BCUT2D eigenvalue weighted by Crippen LogP contribution is -2.37. The third kappa shape index (κ3) is 3.13. The minimum atomic E-state index is -1.32. The van der Waals surface area contributed by atoms with Crippen LogP contribution in [0.5, 0.6) is 0 Å². The predicted octanol–water partition coefficient (Wildman–Crippen LogP) is 0.386. The topological polar surface area (TPSA) is 143 Å². The summed E-state index contributed by atoms with van der Waals surface area (Å²) < 4.78 is 1.45. The van der Waals surface area contributed by atoms with Crippen molar-refractivity contribution in [2.45, 2.75) is 19.0 Å². The van der Waals surface area contributed by atoms with Gasteiger partial charge in [-0.25, -0.2) is 9.78 Å². The van der Waals surface area contributed by atoms with Crippen molar-refractivity contribution in [3.63, 3.8) is 0 Å². The molecule has 2 aliphatic rings. The highest BCUT2D eigenvalue weighted by Gasteiger charge is 2.50. The van der Waals surface area contributed by atoms with Gasteiger partial charge in [0.25, 0.3) is 12.1 Å². The summed E-state index contributed by atoms with van der Waals surface area (Å²) in [6.45, 7) is 5.27. The second-order valence-electron chi connectivity index (χ2n) is 6.34. The first kappa shape index (κ1) is 18.8. The number of nitrogens with zero attached hydrogens (tertiary/aromatic N) is 5. The van der Waals surface area contributed by atoms with Crippen LogP contribution in [-0.2, 0) is 4.79 Å². The number of rotatable bonds is 4. The average Bonchev–Trinajstić information content (AvgIpc) is 3.03. The maximum Gasteiger partial charge on any atom is 0.337 e. The Kier molecular flexibility index (Phi) is 4.63. The van der Waals surface area contributed by atoms with Gasteiger partial charge in [-0.2, -0.15) is 0 Å². The average molecular weight is 387 g/mol. The monoisotopic (exact) mass is 387 g/mol. The summed E-state index contributed by atoms with van der Waals surface area (Å²) in [5, 5.41) is 31.6. The molecule has 1 N–H and O–H groups in total. The minimum absolute atomic E-state index is 0.0226. The molecule has 0 bridgehead atoms. The number of pyridine rings is 1. The van der Waals surface area contributed by atoms with Gasteiger partial charge >= 0.3 is 22.5 Å². The van der Waals surface area contributed by atoms with Gasteiger partial charge in [0, 0.05) is 15.4 Å². The first-order valence-electron chi connectivity index (χ1n) is 7.84. The highest BCUT2D eigenvalue weighted by molar-refractivity contribution is 6.23. The predicted molar refractivity (Wildman–Crippen MR) is 95.7 cm³/mol. The third-order valence-electron chi connectivity index (χ3n) is 4.66. The van der Waals surface area contributed by atoms with Crippen LogP contribution in [0.15, 0.2) is 24.4 Å². The molecule has 0 aliphatic carbocycles. The van der Waals surface area contributed by atoms with Crippen LogP contribution in [0.25, 0.3) is 5.57 Å². The van der Waals surface area contributed by atoms with Gasteiger partial charge in [0.2, 0.25) is 0 Å². The lowest BCUT2D eigenvalue weighted by atomic mass is 9.97. The molecule has 0 unspecified atom stereocenters. The van der Waals surface area contributed by atoms with Gasteiger partial charge in [0.05, 0.1) is 18.7 Å². The van der Waals surface area contributed by atoms with Gasteiger partial charge in [-0.1, -0.05) is 6.58 Å². The zero-order valence-corrected chi connectivity index (χ0v) is 15.4. The fraction of sp³-hybridized carbons (Fsp3) is 0.333. The van der Waals surface area contributed by atoms with Crippen molar-refractivity contribution in [1.29, 1.82) is 0 Å². The van der Waals surface area contributed by atoms with Gasteiger partial charge in [-0.3, -0.25) is 20.2 Å². The molecule has 12 heteroatoms. The molecule has 1 aromatic heterocycles. The van der Waals surface area contributed by atoms with E-state index in [1.165, 1.54) is 15.0 Å². The number of carboxylic acid groups (broad SMARTS) is 1. The molecule has 0 saturated carbocycles. The van der Waals surface area contributed by atoms with E-state index < -0.39 is 27.9 Å². The lowest BCUT2D eigenvalue weighted by Gasteiger charge is -2.29. The number of carbonyl (C=O) groups is 1. The Morgan fingerprint density at radius 1 is 1.30 bits per heavy atom. The molecule has 27 heavy (non-hydrogen) atoms. The molecule has 3 rings (SSSR count). The van der Waals surface area contributed by atoms with E-state index in [1.807, 2.05) is 0 Å². The SMILES string of the molecule is C=C1C(C(=O)O)=C[N]([Al])c2nc(N3C[C@@H]([N+](=O)[O-])[C@H]([N+](=O)[O-])C3)c(C)cc21. The number of nitro groups is 2. The molecule has 2 aliphatic heterocycles. The fourth-order valence-electron chi connectivity index (χ4n) is 3.30. The van der Waals surface area contributed by atoms with Gasteiger partial charge in [0.1, 0.15) is 11.6 Å². The van der Waals surface area contributed by atoms with E-state index in [4.69, 9.17) is 0 Å². The summed E-state index contributed by atoms with van der Waals surface area (Å²) in [4.78, 5) is 38.5. The Labute approximate surface area is 161 Å². The van der Waals surface area contributed by atoms with Gasteiger partial charge < -0.3 is 13.9 Å². The molecular weight excluding hydrogens is 373 g/mol. The Hall–Kier alpha value is -2.97. The van der Waals surface area contributed by atoms with E-state index in [0.717, 1.165) is 0 Å². The van der Waals surface area contributed by atoms with E-state index in [1.54, 1.807) is 13.0 Å². The van der Waals surface area contributed by atoms with E-state index in [9.17, 15) is 30.1 Å². The molecule has 11 nitrogen and oxygen atoms in total. The number of aromatic nitrogens is 1. The van der Waals surface area contributed by atoms with Crippen LogP contribution >= 0.6 is 0 Å². The van der Waals surface area contributed by atoms with Gasteiger partial charge in [0.15, 0.2) is 0 Å². The summed E-state index contributed by atoms with van der Waals surface area (Å²) in [6, 6.07) is -0.955. The molecule has 3 heterocycles. The molecular formula is C15H14AlN5O6. The van der Waals surface area contributed by atoms with Crippen LogP contribution < -0.4 is 8.78 Å². The summed E-state index contributed by atoms with van der Waals surface area (Å²) in [5.74, 6) is -0.336. The number of hydrogen-bond donors (Lipinski definition) is 1. The van der Waals surface area contributed by atoms with Crippen LogP contribution in [0.1, 0.15) is 11.1 Å². The summed E-state index contributed by atoms with van der Waals surface area (Å²) >= 11 is 2.33. The van der Waals surface area contributed by atoms with E-state index >= 15 is 0 Å². The van der Waals surface area contributed by atoms with Crippen molar-refractivity contribution in [3.05, 3.63) is 55.8 Å². The maximum atomic E-state index is 11.4.